The molecule has 100 valence electrons. The molecule has 0 unspecified atom stereocenters. The second-order valence-corrected chi connectivity index (χ2v) is 3.70. The molecule has 18 heavy (non-hydrogen) atoms. The van der Waals surface area contributed by atoms with E-state index < -0.39 is 0 Å². The number of urea groups is 1. The van der Waals surface area contributed by atoms with Crippen molar-refractivity contribution in [2.75, 3.05) is 39.1 Å². The number of nitrogens with zero attached hydrogens (tertiary/aromatic N) is 3. The van der Waals surface area contributed by atoms with Gasteiger partial charge in [0.1, 0.15) is 0 Å². The summed E-state index contributed by atoms with van der Waals surface area (Å²) in [5.41, 5.74) is 0. The number of aromatic nitrogens is 2. The third kappa shape index (κ3) is 4.86. The average molecular weight is 253 g/mol. The van der Waals surface area contributed by atoms with Gasteiger partial charge in [-0.15, -0.1) is 0 Å². The van der Waals surface area contributed by atoms with Crippen LogP contribution in [0.25, 0.3) is 0 Å². The fourth-order valence-electron chi connectivity index (χ4n) is 1.16. The van der Waals surface area contributed by atoms with E-state index in [1.165, 1.54) is 4.90 Å². The first-order valence-electron chi connectivity index (χ1n) is 5.78. The van der Waals surface area contributed by atoms with Crippen LogP contribution >= 0.6 is 0 Å². The second-order valence-electron chi connectivity index (χ2n) is 3.70. The molecule has 0 atom stereocenters. The van der Waals surface area contributed by atoms with Crippen LogP contribution in [0.2, 0.25) is 0 Å². The molecule has 2 amide bonds. The summed E-state index contributed by atoms with van der Waals surface area (Å²) in [6.45, 7) is 3.51. The van der Waals surface area contributed by atoms with E-state index in [9.17, 15) is 4.79 Å². The Kier molecular flexibility index (Phi) is 5.69. The van der Waals surface area contributed by atoms with Crippen LogP contribution in [0.4, 0.5) is 10.7 Å². The lowest BCUT2D eigenvalue weighted by Gasteiger charge is -2.12. The van der Waals surface area contributed by atoms with E-state index in [0.29, 0.717) is 31.5 Å². The standard InChI is InChI=1S/C11H19N5O2/c1-4-18-9-5-6-12-10(15-9)13-7-8-14-11(17)16(2)3/h5-6H,4,7-8H2,1-3H3,(H,14,17)(H,12,13,15). The molecular weight excluding hydrogens is 234 g/mol. The van der Waals surface area contributed by atoms with E-state index >= 15 is 0 Å². The van der Waals surface area contributed by atoms with Crippen LogP contribution in [0.1, 0.15) is 6.92 Å². The average Bonchev–Trinajstić information content (AvgIpc) is 2.35. The van der Waals surface area contributed by atoms with E-state index in [4.69, 9.17) is 4.74 Å². The Morgan fingerprint density at radius 3 is 2.89 bits per heavy atom. The highest BCUT2D eigenvalue weighted by Gasteiger charge is 2.02. The van der Waals surface area contributed by atoms with Gasteiger partial charge in [0.15, 0.2) is 0 Å². The Hall–Kier alpha value is -2.05. The van der Waals surface area contributed by atoms with Gasteiger partial charge in [0.2, 0.25) is 11.8 Å². The number of carbonyl (C=O) groups excluding carboxylic acids is 1. The molecule has 0 aliphatic heterocycles. The van der Waals surface area contributed by atoms with Gasteiger partial charge in [-0.25, -0.2) is 9.78 Å². The molecule has 1 heterocycles. The lowest BCUT2D eigenvalue weighted by Crippen LogP contribution is -2.37. The maximum absolute atomic E-state index is 11.2. The molecule has 0 radical (unpaired) electrons. The van der Waals surface area contributed by atoms with E-state index in [2.05, 4.69) is 20.6 Å². The van der Waals surface area contributed by atoms with Crippen molar-refractivity contribution < 1.29 is 9.53 Å². The number of anilines is 1. The van der Waals surface area contributed by atoms with E-state index in [0.717, 1.165) is 0 Å². The summed E-state index contributed by atoms with van der Waals surface area (Å²) in [6, 6.07) is 1.57. The molecule has 0 bridgehead atoms. The van der Waals surface area contributed by atoms with Gasteiger partial charge in [-0.1, -0.05) is 0 Å². The Bertz CT molecular complexity index is 383. The topological polar surface area (TPSA) is 79.4 Å². The maximum atomic E-state index is 11.2. The fraction of sp³-hybridized carbons (Fsp3) is 0.545. The van der Waals surface area contributed by atoms with E-state index in [-0.39, 0.29) is 6.03 Å². The Balaban J connectivity index is 2.30. The molecule has 0 saturated carbocycles. The second kappa shape index (κ2) is 7.31. The number of amides is 2. The molecule has 0 saturated heterocycles. The van der Waals surface area contributed by atoms with Gasteiger partial charge in [-0.3, -0.25) is 0 Å². The fourth-order valence-corrected chi connectivity index (χ4v) is 1.16. The van der Waals surface area contributed by atoms with Crippen molar-refractivity contribution in [3.05, 3.63) is 12.3 Å². The molecule has 2 N–H and O–H groups in total. The summed E-state index contributed by atoms with van der Waals surface area (Å²) < 4.78 is 5.25. The van der Waals surface area contributed by atoms with Gasteiger partial charge >= 0.3 is 6.03 Å². The molecule has 0 fully saturated rings. The van der Waals surface area contributed by atoms with Crippen LogP contribution in [0, 0.1) is 0 Å². The lowest BCUT2D eigenvalue weighted by atomic mass is 10.6. The zero-order valence-electron chi connectivity index (χ0n) is 10.9. The van der Waals surface area contributed by atoms with Gasteiger partial charge in [0.05, 0.1) is 6.61 Å². The van der Waals surface area contributed by atoms with Crippen molar-refractivity contribution in [3.63, 3.8) is 0 Å². The largest absolute Gasteiger partial charge is 0.478 e. The summed E-state index contributed by atoms with van der Waals surface area (Å²) in [5.74, 6) is 1.02. The summed E-state index contributed by atoms with van der Waals surface area (Å²) in [6.07, 6.45) is 1.62. The predicted octanol–water partition coefficient (Wildman–Crippen LogP) is 0.558. The molecule has 1 aromatic heterocycles. The number of hydrogen-bond donors (Lipinski definition) is 2. The summed E-state index contributed by atoms with van der Waals surface area (Å²) in [4.78, 5) is 20.9. The molecule has 1 aromatic rings. The highest BCUT2D eigenvalue weighted by molar-refractivity contribution is 5.73. The quantitative estimate of drug-likeness (QED) is 0.724. The van der Waals surface area contributed by atoms with Crippen LogP contribution in [0.15, 0.2) is 12.3 Å². The molecule has 7 heteroatoms. The first kappa shape index (κ1) is 14.0. The molecular formula is C11H19N5O2. The molecule has 1 rings (SSSR count). The number of hydrogen-bond acceptors (Lipinski definition) is 5. The molecule has 0 aromatic carbocycles. The molecule has 7 nitrogen and oxygen atoms in total. The summed E-state index contributed by atoms with van der Waals surface area (Å²) in [5, 5.41) is 5.73. The van der Waals surface area contributed by atoms with Crippen LogP contribution in [-0.2, 0) is 0 Å². The summed E-state index contributed by atoms with van der Waals surface area (Å²) in [7, 11) is 3.38. The zero-order valence-corrected chi connectivity index (χ0v) is 10.9. The number of rotatable bonds is 6. The first-order chi connectivity index (χ1) is 8.63. The minimum atomic E-state index is -0.124. The van der Waals surface area contributed by atoms with E-state index in [1.807, 2.05) is 6.92 Å². The monoisotopic (exact) mass is 253 g/mol. The van der Waals surface area contributed by atoms with E-state index in [1.54, 1.807) is 26.4 Å². The van der Waals surface area contributed by atoms with Gasteiger partial charge in [0.25, 0.3) is 0 Å². The third-order valence-corrected chi connectivity index (χ3v) is 2.01. The van der Waals surface area contributed by atoms with Crippen LogP contribution in [0.3, 0.4) is 0 Å². The van der Waals surface area contributed by atoms with Crippen LogP contribution in [-0.4, -0.2) is 54.7 Å². The van der Waals surface area contributed by atoms with Crippen LogP contribution < -0.4 is 15.4 Å². The lowest BCUT2D eigenvalue weighted by molar-refractivity contribution is 0.218. The van der Waals surface area contributed by atoms with Crippen molar-refractivity contribution in [1.29, 1.82) is 0 Å². The zero-order chi connectivity index (χ0) is 13.4. The van der Waals surface area contributed by atoms with Crippen molar-refractivity contribution in [2.45, 2.75) is 6.92 Å². The normalized spacial score (nSPS) is 9.72. The van der Waals surface area contributed by atoms with Gasteiger partial charge in [-0.05, 0) is 6.92 Å². The maximum Gasteiger partial charge on any atom is 0.316 e. The number of nitrogens with one attached hydrogen (secondary N) is 2. The smallest absolute Gasteiger partial charge is 0.316 e. The Morgan fingerprint density at radius 1 is 1.44 bits per heavy atom. The highest BCUT2D eigenvalue weighted by atomic mass is 16.5. The van der Waals surface area contributed by atoms with Crippen molar-refractivity contribution in [2.24, 2.45) is 0 Å². The Labute approximate surface area is 107 Å². The predicted molar refractivity (Wildman–Crippen MR) is 68.8 cm³/mol. The molecule has 0 aliphatic carbocycles. The minimum Gasteiger partial charge on any atom is -0.478 e. The van der Waals surface area contributed by atoms with Gasteiger partial charge in [0, 0.05) is 39.4 Å². The van der Waals surface area contributed by atoms with Gasteiger partial charge in [-0.2, -0.15) is 4.98 Å². The molecule has 0 aliphatic rings. The Morgan fingerprint density at radius 2 is 2.22 bits per heavy atom. The third-order valence-electron chi connectivity index (χ3n) is 2.01. The van der Waals surface area contributed by atoms with Crippen molar-refractivity contribution >= 4 is 12.0 Å². The SMILES string of the molecule is CCOc1ccnc(NCCNC(=O)N(C)C)n1. The summed E-state index contributed by atoms with van der Waals surface area (Å²) >= 11 is 0. The van der Waals surface area contributed by atoms with Gasteiger partial charge < -0.3 is 20.3 Å². The van der Waals surface area contributed by atoms with Crippen molar-refractivity contribution in [3.8, 4) is 5.88 Å². The number of carbonyl (C=O) groups is 1. The first-order valence-corrected chi connectivity index (χ1v) is 5.78. The van der Waals surface area contributed by atoms with Crippen molar-refractivity contribution in [1.82, 2.24) is 20.2 Å². The molecule has 0 spiro atoms. The highest BCUT2D eigenvalue weighted by Crippen LogP contribution is 2.07. The minimum absolute atomic E-state index is 0.124. The van der Waals surface area contributed by atoms with Crippen LogP contribution in [0.5, 0.6) is 5.88 Å². The number of ether oxygens (including phenoxy) is 1.